The molecule has 0 aliphatic carbocycles. The summed E-state index contributed by atoms with van der Waals surface area (Å²) in [5, 5.41) is 3.88. The molecule has 2 amide bonds. The zero-order chi connectivity index (χ0) is 18.3. The fraction of sp³-hybridized carbons (Fsp3) is 0.158. The summed E-state index contributed by atoms with van der Waals surface area (Å²) in [6.45, 7) is 3.94. The molecule has 0 bridgehead atoms. The summed E-state index contributed by atoms with van der Waals surface area (Å²) in [4.78, 5) is 26.2. The Balaban J connectivity index is 2.15. The van der Waals surface area contributed by atoms with Gasteiger partial charge in [-0.25, -0.2) is 0 Å². The summed E-state index contributed by atoms with van der Waals surface area (Å²) in [6.07, 6.45) is 0. The Morgan fingerprint density at radius 1 is 0.920 bits per heavy atom. The van der Waals surface area contributed by atoms with Crippen molar-refractivity contribution >= 4 is 46.3 Å². The molecule has 0 unspecified atom stereocenters. The second-order valence-corrected chi connectivity index (χ2v) is 6.89. The van der Waals surface area contributed by atoms with E-state index in [2.05, 4.69) is 5.32 Å². The monoisotopic (exact) mass is 374 g/mol. The maximum atomic E-state index is 12.6. The predicted molar refractivity (Wildman–Crippen MR) is 101 cm³/mol. The van der Waals surface area contributed by atoms with Crippen LogP contribution in [-0.4, -0.2) is 23.8 Å². The molecular weight excluding hydrogens is 359 g/mol. The molecule has 1 heterocycles. The lowest BCUT2D eigenvalue weighted by Gasteiger charge is -2.11. The molecule has 1 aliphatic rings. The summed E-state index contributed by atoms with van der Waals surface area (Å²) in [6, 6.07) is 10.7. The Kier molecular flexibility index (Phi) is 4.58. The van der Waals surface area contributed by atoms with Gasteiger partial charge in [-0.1, -0.05) is 35.3 Å². The molecule has 0 saturated heterocycles. The van der Waals surface area contributed by atoms with E-state index in [9.17, 15) is 9.59 Å². The van der Waals surface area contributed by atoms with Crippen LogP contribution in [0.15, 0.2) is 42.1 Å². The van der Waals surface area contributed by atoms with Gasteiger partial charge in [0.2, 0.25) is 0 Å². The summed E-state index contributed by atoms with van der Waals surface area (Å²) in [5.74, 6) is -0.800. The van der Waals surface area contributed by atoms with E-state index in [1.807, 2.05) is 32.0 Å². The van der Waals surface area contributed by atoms with E-state index in [1.54, 1.807) is 18.2 Å². The number of nitrogens with one attached hydrogen (secondary N) is 1. The molecule has 0 spiro atoms. The zero-order valence-electron chi connectivity index (χ0n) is 14.0. The van der Waals surface area contributed by atoms with Crippen LogP contribution in [0.5, 0.6) is 0 Å². The average molecular weight is 375 g/mol. The minimum Gasteiger partial charge on any atom is -0.350 e. The minimum atomic E-state index is -0.402. The van der Waals surface area contributed by atoms with E-state index in [4.69, 9.17) is 23.2 Å². The third-order valence-electron chi connectivity index (χ3n) is 3.98. The Morgan fingerprint density at radius 3 is 2.16 bits per heavy atom. The second-order valence-electron chi connectivity index (χ2n) is 6.04. The number of nitrogens with zero attached hydrogens (tertiary/aromatic N) is 1. The zero-order valence-corrected chi connectivity index (χ0v) is 15.5. The van der Waals surface area contributed by atoms with Crippen LogP contribution in [0.3, 0.4) is 0 Å². The fourth-order valence-corrected chi connectivity index (χ4v) is 3.39. The molecule has 1 aliphatic heterocycles. The number of carbonyl (C=O) groups is 2. The number of hydrogen-bond acceptors (Lipinski definition) is 3. The Hall–Kier alpha value is -2.30. The SMILES string of the molecule is Cc1cc(C)cc(NC2=C(c3ccc(Cl)cc3Cl)C(=O)N(C)C2=O)c1. The Labute approximate surface area is 156 Å². The van der Waals surface area contributed by atoms with Crippen LogP contribution >= 0.6 is 23.2 Å². The molecule has 128 valence electrons. The lowest BCUT2D eigenvalue weighted by Crippen LogP contribution is -2.27. The van der Waals surface area contributed by atoms with Gasteiger partial charge in [0, 0.05) is 23.3 Å². The van der Waals surface area contributed by atoms with Crippen LogP contribution in [-0.2, 0) is 9.59 Å². The third kappa shape index (κ3) is 3.28. The largest absolute Gasteiger partial charge is 0.350 e. The molecule has 0 radical (unpaired) electrons. The van der Waals surface area contributed by atoms with E-state index < -0.39 is 11.8 Å². The summed E-state index contributed by atoms with van der Waals surface area (Å²) in [5.41, 5.74) is 3.78. The van der Waals surface area contributed by atoms with Crippen LogP contribution < -0.4 is 5.32 Å². The Morgan fingerprint density at radius 2 is 1.56 bits per heavy atom. The van der Waals surface area contributed by atoms with Crippen molar-refractivity contribution in [2.24, 2.45) is 0 Å². The first-order chi connectivity index (χ1) is 11.8. The normalized spacial score (nSPS) is 14.5. The van der Waals surface area contributed by atoms with Crippen LogP contribution in [0.1, 0.15) is 16.7 Å². The van der Waals surface area contributed by atoms with E-state index in [0.717, 1.165) is 21.7 Å². The lowest BCUT2D eigenvalue weighted by molar-refractivity contribution is -0.135. The van der Waals surface area contributed by atoms with Gasteiger partial charge in [-0.3, -0.25) is 14.5 Å². The molecule has 25 heavy (non-hydrogen) atoms. The number of hydrogen-bond donors (Lipinski definition) is 1. The van der Waals surface area contributed by atoms with Crippen LogP contribution in [0, 0.1) is 13.8 Å². The maximum absolute atomic E-state index is 12.6. The summed E-state index contributed by atoms with van der Waals surface area (Å²) in [7, 11) is 1.45. The number of imide groups is 1. The molecule has 1 N–H and O–H groups in total. The fourth-order valence-electron chi connectivity index (χ4n) is 2.89. The van der Waals surface area contributed by atoms with Crippen LogP contribution in [0.2, 0.25) is 10.0 Å². The number of benzene rings is 2. The topological polar surface area (TPSA) is 49.4 Å². The van der Waals surface area contributed by atoms with E-state index in [-0.39, 0.29) is 11.3 Å². The van der Waals surface area contributed by atoms with Crippen LogP contribution in [0.4, 0.5) is 5.69 Å². The van der Waals surface area contributed by atoms with Crippen molar-refractivity contribution in [3.63, 3.8) is 0 Å². The highest BCUT2D eigenvalue weighted by Crippen LogP contribution is 2.34. The smallest absolute Gasteiger partial charge is 0.277 e. The number of aryl methyl sites for hydroxylation is 2. The van der Waals surface area contributed by atoms with E-state index >= 15 is 0 Å². The summed E-state index contributed by atoms with van der Waals surface area (Å²) < 4.78 is 0. The molecule has 4 nitrogen and oxygen atoms in total. The van der Waals surface area contributed by atoms with Crippen LogP contribution in [0.25, 0.3) is 5.57 Å². The summed E-state index contributed by atoms with van der Waals surface area (Å²) >= 11 is 12.2. The maximum Gasteiger partial charge on any atom is 0.277 e. The molecule has 2 aromatic carbocycles. The van der Waals surface area contributed by atoms with Gasteiger partial charge in [0.15, 0.2) is 0 Å². The number of rotatable bonds is 3. The minimum absolute atomic E-state index is 0.210. The van der Waals surface area contributed by atoms with Crippen molar-refractivity contribution in [1.29, 1.82) is 0 Å². The molecule has 6 heteroatoms. The lowest BCUT2D eigenvalue weighted by atomic mass is 10.0. The van der Waals surface area contributed by atoms with Gasteiger partial charge in [-0.05, 0) is 49.2 Å². The van der Waals surface area contributed by atoms with Crippen molar-refractivity contribution in [3.05, 3.63) is 68.8 Å². The van der Waals surface area contributed by atoms with E-state index in [1.165, 1.54) is 7.05 Å². The third-order valence-corrected chi connectivity index (χ3v) is 4.53. The van der Waals surface area contributed by atoms with Crippen molar-refractivity contribution in [2.45, 2.75) is 13.8 Å². The first-order valence-corrected chi connectivity index (χ1v) is 8.41. The standard InChI is InChI=1S/C19H16Cl2N2O2/c1-10-6-11(2)8-13(7-10)22-17-16(18(24)23(3)19(17)25)14-5-4-12(20)9-15(14)21/h4-9,22H,1-3H3. The van der Waals surface area contributed by atoms with Gasteiger partial charge in [-0.2, -0.15) is 0 Å². The quantitative estimate of drug-likeness (QED) is 0.808. The van der Waals surface area contributed by atoms with Gasteiger partial charge in [-0.15, -0.1) is 0 Å². The molecule has 3 rings (SSSR count). The van der Waals surface area contributed by atoms with Gasteiger partial charge in [0.05, 0.1) is 10.6 Å². The van der Waals surface area contributed by atoms with Crippen molar-refractivity contribution in [2.75, 3.05) is 12.4 Å². The number of carbonyl (C=O) groups excluding carboxylic acids is 2. The molecule has 0 atom stereocenters. The Bertz CT molecular complexity index is 915. The first-order valence-electron chi connectivity index (χ1n) is 7.65. The number of anilines is 1. The van der Waals surface area contributed by atoms with Gasteiger partial charge in [0.1, 0.15) is 5.70 Å². The number of likely N-dealkylation sites (N-methyl/N-ethyl adjacent to an activating group) is 1. The number of amides is 2. The molecule has 0 aromatic heterocycles. The van der Waals surface area contributed by atoms with Gasteiger partial charge in [0.25, 0.3) is 11.8 Å². The highest BCUT2D eigenvalue weighted by Gasteiger charge is 2.37. The van der Waals surface area contributed by atoms with Crippen molar-refractivity contribution in [1.82, 2.24) is 4.90 Å². The average Bonchev–Trinajstić information content (AvgIpc) is 2.71. The molecule has 0 fully saturated rings. The van der Waals surface area contributed by atoms with E-state index in [0.29, 0.717) is 15.6 Å². The van der Waals surface area contributed by atoms with Crippen molar-refractivity contribution < 1.29 is 9.59 Å². The highest BCUT2D eigenvalue weighted by molar-refractivity contribution is 6.41. The first kappa shape index (κ1) is 17.5. The second kappa shape index (κ2) is 6.54. The molecule has 2 aromatic rings. The predicted octanol–water partition coefficient (Wildman–Crippen LogP) is 4.43. The van der Waals surface area contributed by atoms with Crippen molar-refractivity contribution in [3.8, 4) is 0 Å². The molecule has 0 saturated carbocycles. The molecular formula is C19H16Cl2N2O2. The van der Waals surface area contributed by atoms with Gasteiger partial charge >= 0.3 is 0 Å². The van der Waals surface area contributed by atoms with Gasteiger partial charge < -0.3 is 5.32 Å². The highest BCUT2D eigenvalue weighted by atomic mass is 35.5. The number of halogens is 2.